The van der Waals surface area contributed by atoms with Gasteiger partial charge < -0.3 is 13.9 Å². The third kappa shape index (κ3) is 3.97. The van der Waals surface area contributed by atoms with Gasteiger partial charge >= 0.3 is 0 Å². The zero-order valence-electron chi connectivity index (χ0n) is 26.9. The van der Waals surface area contributed by atoms with Crippen LogP contribution in [-0.4, -0.2) is 4.57 Å². The van der Waals surface area contributed by atoms with Crippen LogP contribution in [-0.2, 0) is 0 Å². The van der Waals surface area contributed by atoms with Crippen LogP contribution in [0.25, 0.3) is 80.4 Å². The van der Waals surface area contributed by atoms with Gasteiger partial charge in [-0.05, 0) is 72.1 Å². The van der Waals surface area contributed by atoms with Gasteiger partial charge in [0.05, 0.1) is 16.7 Å². The molecule has 3 nitrogen and oxygen atoms in total. The van der Waals surface area contributed by atoms with Crippen LogP contribution in [0, 0.1) is 0 Å². The topological polar surface area (TPSA) is 21.3 Å². The maximum Gasteiger partial charge on any atom is 0.143 e. The fourth-order valence-corrected chi connectivity index (χ4v) is 9.03. The van der Waals surface area contributed by atoms with Gasteiger partial charge in [-0.1, -0.05) is 97.1 Å². The number of benzene rings is 8. The van der Waals surface area contributed by atoms with Crippen molar-refractivity contribution >= 4 is 103 Å². The maximum absolute atomic E-state index is 6.74. The van der Waals surface area contributed by atoms with E-state index in [0.717, 1.165) is 55.6 Å². The Kier molecular flexibility index (Phi) is 5.83. The first-order chi connectivity index (χ1) is 24.8. The molecule has 0 aliphatic heterocycles. The number of para-hydroxylation sites is 3. The highest BCUT2D eigenvalue weighted by molar-refractivity contribution is 7.25. The first-order valence-corrected chi connectivity index (χ1v) is 17.7. The van der Waals surface area contributed by atoms with E-state index in [1.54, 1.807) is 0 Å². The van der Waals surface area contributed by atoms with E-state index in [2.05, 4.69) is 179 Å². The molecule has 0 radical (unpaired) electrons. The molecule has 11 rings (SSSR count). The second-order valence-corrected chi connectivity index (χ2v) is 14.0. The van der Waals surface area contributed by atoms with E-state index in [0.29, 0.717) is 0 Å². The van der Waals surface area contributed by atoms with Crippen molar-refractivity contribution in [2.75, 3.05) is 4.90 Å². The van der Waals surface area contributed by atoms with Crippen molar-refractivity contribution in [3.8, 4) is 5.69 Å². The Morgan fingerprint density at radius 3 is 2.08 bits per heavy atom. The van der Waals surface area contributed by atoms with Crippen molar-refractivity contribution in [1.29, 1.82) is 0 Å². The van der Waals surface area contributed by atoms with Gasteiger partial charge in [0, 0.05) is 70.2 Å². The van der Waals surface area contributed by atoms with Gasteiger partial charge in [0.15, 0.2) is 0 Å². The summed E-state index contributed by atoms with van der Waals surface area (Å²) in [4.78, 5) is 2.41. The maximum atomic E-state index is 6.74. The van der Waals surface area contributed by atoms with E-state index >= 15 is 0 Å². The molecule has 0 unspecified atom stereocenters. The molecule has 0 fully saturated rings. The lowest BCUT2D eigenvalue weighted by Crippen LogP contribution is -2.11. The Morgan fingerprint density at radius 1 is 0.460 bits per heavy atom. The lowest BCUT2D eigenvalue weighted by Gasteiger charge is -2.27. The smallest absolute Gasteiger partial charge is 0.143 e. The van der Waals surface area contributed by atoms with E-state index in [-0.39, 0.29) is 0 Å². The van der Waals surface area contributed by atoms with Gasteiger partial charge in [-0.3, -0.25) is 0 Å². The molecule has 0 bridgehead atoms. The Balaban J connectivity index is 1.24. The largest absolute Gasteiger partial charge is 0.455 e. The van der Waals surface area contributed by atoms with Crippen LogP contribution < -0.4 is 4.90 Å². The minimum Gasteiger partial charge on any atom is -0.455 e. The number of fused-ring (bicyclic) bond motifs is 11. The molecule has 0 saturated carbocycles. The van der Waals surface area contributed by atoms with Gasteiger partial charge in [-0.15, -0.1) is 11.3 Å². The van der Waals surface area contributed by atoms with Gasteiger partial charge in [0.25, 0.3) is 0 Å². The van der Waals surface area contributed by atoms with Crippen molar-refractivity contribution in [2.45, 2.75) is 0 Å². The van der Waals surface area contributed by atoms with Crippen LogP contribution in [0.15, 0.2) is 174 Å². The first-order valence-electron chi connectivity index (χ1n) is 16.9. The van der Waals surface area contributed by atoms with Crippen LogP contribution in [0.3, 0.4) is 0 Å². The minimum atomic E-state index is 0.872. The highest BCUT2D eigenvalue weighted by Crippen LogP contribution is 2.46. The summed E-state index contributed by atoms with van der Waals surface area (Å²) in [6.07, 6.45) is 0. The van der Waals surface area contributed by atoms with E-state index in [1.807, 2.05) is 11.3 Å². The number of thiophene rings is 1. The number of aromatic nitrogens is 1. The number of hydrogen-bond donors (Lipinski definition) is 0. The molecule has 0 amide bonds. The van der Waals surface area contributed by atoms with Crippen LogP contribution in [0.1, 0.15) is 0 Å². The van der Waals surface area contributed by atoms with Crippen molar-refractivity contribution in [3.63, 3.8) is 0 Å². The Hall–Kier alpha value is -6.36. The van der Waals surface area contributed by atoms with Crippen LogP contribution >= 0.6 is 11.3 Å². The normalized spacial score (nSPS) is 12.0. The number of anilines is 3. The summed E-state index contributed by atoms with van der Waals surface area (Å²) in [6, 6.07) is 61.3. The SMILES string of the molecule is c1ccc(-n2c3ccccc3c3cccc(N(c4ccc5c(c4)oc4c6ccccc6ccc54)c4ccc5sc6ccccc6c5c4)c32)cc1. The fraction of sp³-hybridized carbons (Fsp3) is 0. The predicted molar refractivity (Wildman–Crippen MR) is 213 cm³/mol. The number of hydrogen-bond acceptors (Lipinski definition) is 3. The number of nitrogens with zero attached hydrogens (tertiary/aromatic N) is 2. The second kappa shape index (κ2) is 10.6. The predicted octanol–water partition coefficient (Wildman–Crippen LogP) is 13.7. The molecule has 0 aliphatic carbocycles. The summed E-state index contributed by atoms with van der Waals surface area (Å²) in [5.41, 5.74) is 8.51. The third-order valence-corrected chi connectivity index (χ3v) is 11.3. The molecule has 234 valence electrons. The first kappa shape index (κ1) is 27.6. The summed E-state index contributed by atoms with van der Waals surface area (Å²) >= 11 is 1.85. The van der Waals surface area contributed by atoms with Crippen LogP contribution in [0.5, 0.6) is 0 Å². The molecule has 3 heterocycles. The van der Waals surface area contributed by atoms with E-state index in [4.69, 9.17) is 4.42 Å². The molecule has 3 aromatic heterocycles. The van der Waals surface area contributed by atoms with Gasteiger partial charge in [0.2, 0.25) is 0 Å². The average molecular weight is 657 g/mol. The second-order valence-electron chi connectivity index (χ2n) is 12.9. The fourth-order valence-electron chi connectivity index (χ4n) is 7.94. The summed E-state index contributed by atoms with van der Waals surface area (Å²) in [6.45, 7) is 0. The van der Waals surface area contributed by atoms with Crippen molar-refractivity contribution in [1.82, 2.24) is 4.57 Å². The van der Waals surface area contributed by atoms with Crippen molar-refractivity contribution in [2.24, 2.45) is 0 Å². The summed E-state index contributed by atoms with van der Waals surface area (Å²) in [5.74, 6) is 0. The quantitative estimate of drug-likeness (QED) is 0.188. The van der Waals surface area contributed by atoms with Crippen LogP contribution in [0.4, 0.5) is 17.1 Å². The highest BCUT2D eigenvalue weighted by Gasteiger charge is 2.23. The molecule has 0 N–H and O–H groups in total. The minimum absolute atomic E-state index is 0.872. The summed E-state index contributed by atoms with van der Waals surface area (Å²) in [7, 11) is 0. The molecular formula is C46H28N2OS. The number of furan rings is 1. The number of rotatable bonds is 4. The lowest BCUT2D eigenvalue weighted by atomic mass is 10.1. The summed E-state index contributed by atoms with van der Waals surface area (Å²) in [5, 5.41) is 9.55. The van der Waals surface area contributed by atoms with Gasteiger partial charge in [0.1, 0.15) is 11.2 Å². The van der Waals surface area contributed by atoms with Crippen molar-refractivity contribution in [3.05, 3.63) is 170 Å². The third-order valence-electron chi connectivity index (χ3n) is 10.2. The zero-order chi connectivity index (χ0) is 32.8. The zero-order valence-corrected chi connectivity index (χ0v) is 27.7. The molecule has 50 heavy (non-hydrogen) atoms. The Bertz CT molecular complexity index is 3110. The molecule has 0 saturated heterocycles. The highest BCUT2D eigenvalue weighted by atomic mass is 32.1. The van der Waals surface area contributed by atoms with E-state index in [9.17, 15) is 0 Å². The van der Waals surface area contributed by atoms with E-state index < -0.39 is 0 Å². The molecule has 11 aromatic rings. The molecule has 0 aliphatic rings. The van der Waals surface area contributed by atoms with Crippen LogP contribution in [0.2, 0.25) is 0 Å². The molecular weight excluding hydrogens is 629 g/mol. The monoisotopic (exact) mass is 656 g/mol. The molecule has 4 heteroatoms. The molecule has 0 spiro atoms. The Labute approximate surface area is 291 Å². The van der Waals surface area contributed by atoms with Crippen molar-refractivity contribution < 1.29 is 4.42 Å². The summed E-state index contributed by atoms with van der Waals surface area (Å²) < 4.78 is 11.7. The lowest BCUT2D eigenvalue weighted by molar-refractivity contribution is 0.672. The van der Waals surface area contributed by atoms with E-state index in [1.165, 1.54) is 41.8 Å². The van der Waals surface area contributed by atoms with Gasteiger partial charge in [-0.2, -0.15) is 0 Å². The standard InChI is InChI=1S/C46H28N2OS/c1-2-12-30(13-3-1)48-40-18-8-6-15-34(40)37-17-10-19-41(45(37)48)47(31-23-26-44-39(27-31)36-16-7-9-20-43(36)50-44)32-22-25-35-38-24-21-29-11-4-5-14-33(29)46(38)49-42(35)28-32/h1-28H. The molecule has 0 atom stereocenters. The molecule has 8 aromatic carbocycles. The van der Waals surface area contributed by atoms with Gasteiger partial charge in [-0.25, -0.2) is 0 Å². The Morgan fingerprint density at radius 2 is 1.16 bits per heavy atom. The average Bonchev–Trinajstić information content (AvgIpc) is 3.85.